The summed E-state index contributed by atoms with van der Waals surface area (Å²) in [5, 5.41) is 20.6. The minimum absolute atomic E-state index is 0.0171. The van der Waals surface area contributed by atoms with E-state index < -0.39 is 5.60 Å². The molecule has 2 aliphatic heterocycles. The van der Waals surface area contributed by atoms with Gasteiger partial charge in [0.15, 0.2) is 0 Å². The number of fused-ring (bicyclic) bond motifs is 5. The van der Waals surface area contributed by atoms with Crippen molar-refractivity contribution in [3.63, 3.8) is 0 Å². The number of rotatable bonds is 4. The Bertz CT molecular complexity index is 1270. The van der Waals surface area contributed by atoms with E-state index in [1.54, 1.807) is 12.1 Å². The third kappa shape index (κ3) is 4.06. The molecule has 3 aromatic carbocycles. The summed E-state index contributed by atoms with van der Waals surface area (Å²) in [5.74, 6) is 0.0410. The fourth-order valence-electron chi connectivity index (χ4n) is 6.71. The lowest BCUT2D eigenvalue weighted by atomic mass is 9.73. The summed E-state index contributed by atoms with van der Waals surface area (Å²) in [6, 6.07) is 26.3. The molecular formula is C31H30N2O3. The highest BCUT2D eigenvalue weighted by Gasteiger charge is 2.48. The van der Waals surface area contributed by atoms with Crippen LogP contribution in [0.3, 0.4) is 0 Å². The Morgan fingerprint density at radius 3 is 2.11 bits per heavy atom. The highest BCUT2D eigenvalue weighted by atomic mass is 16.6. The van der Waals surface area contributed by atoms with Gasteiger partial charge < -0.3 is 14.7 Å². The van der Waals surface area contributed by atoms with Gasteiger partial charge in [-0.25, -0.2) is 4.79 Å². The van der Waals surface area contributed by atoms with Crippen LogP contribution < -0.4 is 0 Å². The number of hydrogen-bond donors (Lipinski definition) is 1. The van der Waals surface area contributed by atoms with E-state index in [0.29, 0.717) is 31.4 Å². The van der Waals surface area contributed by atoms with Crippen LogP contribution in [0.15, 0.2) is 72.8 Å². The van der Waals surface area contributed by atoms with Crippen molar-refractivity contribution in [1.29, 1.82) is 5.26 Å². The molecule has 5 heteroatoms. The number of amides is 1. The predicted molar refractivity (Wildman–Crippen MR) is 137 cm³/mol. The molecule has 6 rings (SSSR count). The van der Waals surface area contributed by atoms with E-state index in [0.717, 1.165) is 24.8 Å². The summed E-state index contributed by atoms with van der Waals surface area (Å²) in [6.45, 7) is 0.318. The summed E-state index contributed by atoms with van der Waals surface area (Å²) in [5.41, 5.74) is 5.64. The van der Waals surface area contributed by atoms with Crippen molar-refractivity contribution in [1.82, 2.24) is 4.90 Å². The number of carbonyl (C=O) groups excluding carboxylic acids is 1. The minimum Gasteiger partial charge on any atom is -0.448 e. The zero-order chi connectivity index (χ0) is 24.7. The van der Waals surface area contributed by atoms with Crippen LogP contribution in [-0.2, 0) is 11.2 Å². The average Bonchev–Trinajstić information content (AvgIpc) is 3.21. The molecule has 1 aliphatic carbocycles. The van der Waals surface area contributed by atoms with Crippen LogP contribution in [0.2, 0.25) is 0 Å². The summed E-state index contributed by atoms with van der Waals surface area (Å²) < 4.78 is 6.00. The second kappa shape index (κ2) is 9.11. The Morgan fingerprint density at radius 2 is 1.53 bits per heavy atom. The van der Waals surface area contributed by atoms with Gasteiger partial charge in [-0.15, -0.1) is 0 Å². The van der Waals surface area contributed by atoms with Crippen molar-refractivity contribution in [2.45, 2.75) is 62.1 Å². The quantitative estimate of drug-likeness (QED) is 0.515. The molecule has 0 saturated carbocycles. The molecular weight excluding hydrogens is 448 g/mol. The van der Waals surface area contributed by atoms with Gasteiger partial charge in [0.2, 0.25) is 0 Å². The number of ether oxygens (including phenoxy) is 1. The van der Waals surface area contributed by atoms with Crippen molar-refractivity contribution < 1.29 is 14.6 Å². The highest BCUT2D eigenvalue weighted by Crippen LogP contribution is 2.45. The first kappa shape index (κ1) is 22.8. The molecule has 0 aromatic heterocycles. The summed E-state index contributed by atoms with van der Waals surface area (Å²) in [7, 11) is 0. The van der Waals surface area contributed by atoms with Crippen LogP contribution in [0.1, 0.15) is 60.3 Å². The van der Waals surface area contributed by atoms with Gasteiger partial charge in [-0.2, -0.15) is 5.26 Å². The Balaban J connectivity index is 1.16. The van der Waals surface area contributed by atoms with Gasteiger partial charge in [-0.3, -0.25) is 0 Å². The van der Waals surface area contributed by atoms with Crippen LogP contribution in [0.4, 0.5) is 4.79 Å². The Kier molecular flexibility index (Phi) is 5.78. The third-order valence-electron chi connectivity index (χ3n) is 8.26. The van der Waals surface area contributed by atoms with Gasteiger partial charge in [0, 0.05) is 24.4 Å². The van der Waals surface area contributed by atoms with E-state index in [4.69, 9.17) is 10.00 Å². The number of piperidine rings is 2. The first-order chi connectivity index (χ1) is 17.5. The number of nitrogens with zero attached hydrogens (tertiary/aromatic N) is 2. The lowest BCUT2D eigenvalue weighted by molar-refractivity contribution is -0.0840. The normalized spacial score (nSPS) is 24.5. The Hall–Kier alpha value is -3.62. The van der Waals surface area contributed by atoms with Crippen LogP contribution in [0.5, 0.6) is 0 Å². The van der Waals surface area contributed by atoms with E-state index in [1.807, 2.05) is 29.2 Å². The third-order valence-corrected chi connectivity index (χ3v) is 8.26. The van der Waals surface area contributed by atoms with Crippen LogP contribution in [0.25, 0.3) is 11.1 Å². The van der Waals surface area contributed by atoms with Gasteiger partial charge in [0.1, 0.15) is 6.61 Å². The summed E-state index contributed by atoms with van der Waals surface area (Å²) >= 11 is 0. The SMILES string of the molecule is N#Cc1ccc(CC2(O)CC3CCCC(C2)N3C(=O)OCC2c3ccccc3-c3ccccc32)cc1. The molecule has 1 N–H and O–H groups in total. The maximum atomic E-state index is 13.4. The monoisotopic (exact) mass is 478 g/mol. The molecule has 2 atom stereocenters. The first-order valence-corrected chi connectivity index (χ1v) is 12.9. The second-order valence-electron chi connectivity index (χ2n) is 10.6. The van der Waals surface area contributed by atoms with E-state index in [-0.39, 0.29) is 24.1 Å². The van der Waals surface area contributed by atoms with Gasteiger partial charge in [-0.1, -0.05) is 60.7 Å². The lowest BCUT2D eigenvalue weighted by Gasteiger charge is -2.51. The molecule has 1 amide bonds. The molecule has 0 spiro atoms. The Labute approximate surface area is 211 Å². The van der Waals surface area contributed by atoms with Crippen molar-refractivity contribution in [3.8, 4) is 17.2 Å². The zero-order valence-corrected chi connectivity index (χ0v) is 20.3. The fraction of sp³-hybridized carbons (Fsp3) is 0.355. The number of aliphatic hydroxyl groups is 1. The Morgan fingerprint density at radius 1 is 0.944 bits per heavy atom. The summed E-state index contributed by atoms with van der Waals surface area (Å²) in [6.07, 6.45) is 4.21. The lowest BCUT2D eigenvalue weighted by Crippen LogP contribution is -2.60. The molecule has 182 valence electrons. The maximum absolute atomic E-state index is 13.4. The van der Waals surface area contributed by atoms with Crippen molar-refractivity contribution >= 4 is 6.09 Å². The second-order valence-corrected chi connectivity index (χ2v) is 10.6. The largest absolute Gasteiger partial charge is 0.448 e. The smallest absolute Gasteiger partial charge is 0.410 e. The molecule has 2 fully saturated rings. The number of hydrogen-bond acceptors (Lipinski definition) is 4. The molecule has 5 nitrogen and oxygen atoms in total. The van der Waals surface area contributed by atoms with Crippen molar-refractivity contribution in [2.75, 3.05) is 6.61 Å². The van der Waals surface area contributed by atoms with E-state index in [9.17, 15) is 9.90 Å². The first-order valence-electron chi connectivity index (χ1n) is 12.9. The highest BCUT2D eigenvalue weighted by molar-refractivity contribution is 5.79. The van der Waals surface area contributed by atoms with Crippen molar-refractivity contribution in [3.05, 3.63) is 95.1 Å². The average molecular weight is 479 g/mol. The molecule has 0 radical (unpaired) electrons. The van der Waals surface area contributed by atoms with Crippen LogP contribution in [-0.4, -0.2) is 40.4 Å². The molecule has 2 heterocycles. The van der Waals surface area contributed by atoms with Gasteiger partial charge in [0.25, 0.3) is 0 Å². The van der Waals surface area contributed by atoms with Crippen molar-refractivity contribution in [2.24, 2.45) is 0 Å². The maximum Gasteiger partial charge on any atom is 0.410 e. The molecule has 2 bridgehead atoms. The van der Waals surface area contributed by atoms with E-state index >= 15 is 0 Å². The number of carbonyl (C=O) groups is 1. The number of benzene rings is 3. The number of nitriles is 1. The predicted octanol–water partition coefficient (Wildman–Crippen LogP) is 5.80. The zero-order valence-electron chi connectivity index (χ0n) is 20.3. The van der Waals surface area contributed by atoms with Crippen LogP contribution in [0, 0.1) is 11.3 Å². The molecule has 3 aromatic rings. The summed E-state index contributed by atoms with van der Waals surface area (Å²) in [4.78, 5) is 15.3. The minimum atomic E-state index is -0.857. The molecule has 36 heavy (non-hydrogen) atoms. The molecule has 2 saturated heterocycles. The van der Waals surface area contributed by atoms with Gasteiger partial charge in [0.05, 0.1) is 17.2 Å². The van der Waals surface area contributed by atoms with E-state index in [1.165, 1.54) is 22.3 Å². The van der Waals surface area contributed by atoms with Gasteiger partial charge >= 0.3 is 6.09 Å². The molecule has 2 unspecified atom stereocenters. The van der Waals surface area contributed by atoms with Crippen LogP contribution >= 0.6 is 0 Å². The standard InChI is InChI=1S/C31H30N2O3/c32-19-22-14-12-21(13-15-22)16-31(35)17-23-6-5-7-24(18-31)33(23)30(34)36-20-29-27-10-3-1-8-25(27)26-9-2-4-11-28(26)29/h1-4,8-15,23-24,29,35H,5-7,16-18,20H2. The molecule has 3 aliphatic rings. The topological polar surface area (TPSA) is 73.6 Å². The van der Waals surface area contributed by atoms with E-state index in [2.05, 4.69) is 42.5 Å². The fourth-order valence-corrected chi connectivity index (χ4v) is 6.71. The van der Waals surface area contributed by atoms with Gasteiger partial charge in [-0.05, 0) is 72.1 Å².